The Morgan fingerprint density at radius 1 is 0.389 bits per heavy atom. The summed E-state index contributed by atoms with van der Waals surface area (Å²) >= 11 is 0. The van der Waals surface area contributed by atoms with Crippen molar-refractivity contribution >= 4 is 5.91 Å². The Balaban J connectivity index is 1.69. The fourth-order valence-corrected chi connectivity index (χ4v) is 11.1. The van der Waals surface area contributed by atoms with Gasteiger partial charge in [-0.1, -0.05) is 281 Å². The third-order valence-corrected chi connectivity index (χ3v) is 16.9. The summed E-state index contributed by atoms with van der Waals surface area (Å²) in [6, 6.07) is -0.960. The molecule has 14 nitrogen and oxygen atoms in total. The molecule has 0 aliphatic carbocycles. The van der Waals surface area contributed by atoms with Crippen LogP contribution in [0.1, 0.15) is 251 Å². The summed E-state index contributed by atoms with van der Waals surface area (Å²) in [7, 11) is 0. The minimum Gasteiger partial charge on any atom is -0.394 e. The fourth-order valence-electron chi connectivity index (χ4n) is 11.1. The molecule has 2 aliphatic rings. The van der Waals surface area contributed by atoms with Gasteiger partial charge in [0, 0.05) is 6.42 Å². The maximum atomic E-state index is 13.3. The predicted octanol–water partition coefficient (Wildman–Crippen LogP) is 16.2. The monoisotopic (exact) mass is 1330 g/mol. The zero-order chi connectivity index (χ0) is 68.7. The number of unbranched alkanes of at least 4 members (excludes halogenated alkanes) is 22. The van der Waals surface area contributed by atoms with Crippen molar-refractivity contribution in [3.8, 4) is 0 Å². The molecule has 95 heavy (non-hydrogen) atoms. The van der Waals surface area contributed by atoms with Crippen molar-refractivity contribution in [1.29, 1.82) is 0 Å². The molecular weight excluding hydrogens is 1190 g/mol. The van der Waals surface area contributed by atoms with Crippen LogP contribution in [-0.4, -0.2) is 140 Å². The first-order valence-electron chi connectivity index (χ1n) is 37.2. The highest BCUT2D eigenvalue weighted by Gasteiger charge is 2.51. The highest BCUT2D eigenvalue weighted by Crippen LogP contribution is 2.30. The molecule has 0 saturated carbocycles. The van der Waals surface area contributed by atoms with Crippen molar-refractivity contribution in [2.24, 2.45) is 0 Å². The largest absolute Gasteiger partial charge is 0.394 e. The third-order valence-electron chi connectivity index (χ3n) is 16.9. The molecule has 2 fully saturated rings. The molecule has 1 amide bonds. The van der Waals surface area contributed by atoms with E-state index in [0.717, 1.165) is 128 Å². The van der Waals surface area contributed by atoms with Crippen LogP contribution in [0.25, 0.3) is 0 Å². The average Bonchev–Trinajstić information content (AvgIpc) is 0.927. The highest BCUT2D eigenvalue weighted by molar-refractivity contribution is 5.76. The Labute approximate surface area is 575 Å². The van der Waals surface area contributed by atoms with Gasteiger partial charge in [-0.15, -0.1) is 0 Å². The number of rotatable bonds is 59. The zero-order valence-corrected chi connectivity index (χ0v) is 58.8. The van der Waals surface area contributed by atoms with Gasteiger partial charge in [0.05, 0.1) is 32.0 Å². The van der Waals surface area contributed by atoms with Gasteiger partial charge >= 0.3 is 0 Å². The molecule has 2 saturated heterocycles. The molecular formula is C81H133NO13. The molecule has 0 aromatic carbocycles. The molecule has 0 aromatic rings. The summed E-state index contributed by atoms with van der Waals surface area (Å²) in [5, 5.41) is 87.5. The minimum atomic E-state index is -1.80. The SMILES string of the molecule is CC/C=C\C/C=C\C/C=C\C/C=C\C/C=C\C/C=C\C/C=C\C/C=C\C/C=C\C/C=C\CCCCCCCCC(=O)NC(COC1OC(CO)C(OC2OC(CO)C(O)C(O)C2O)C(O)C1O)C(O)/C=C/CC/C=C/CC/C=C/CCCCCCCCCCCCCCCC. The van der Waals surface area contributed by atoms with Crippen molar-refractivity contribution < 1.29 is 64.6 Å². The predicted molar refractivity (Wildman–Crippen MR) is 391 cm³/mol. The van der Waals surface area contributed by atoms with Crippen molar-refractivity contribution in [3.05, 3.63) is 158 Å². The molecule has 0 radical (unpaired) electrons. The van der Waals surface area contributed by atoms with Gasteiger partial charge in [0.2, 0.25) is 5.91 Å². The molecule has 2 heterocycles. The summed E-state index contributed by atoms with van der Waals surface area (Å²) in [6.07, 6.45) is 80.1. The van der Waals surface area contributed by atoms with E-state index in [1.807, 2.05) is 6.08 Å². The van der Waals surface area contributed by atoms with Crippen LogP contribution in [0, 0.1) is 0 Å². The minimum absolute atomic E-state index is 0.242. The molecule has 0 bridgehead atoms. The summed E-state index contributed by atoms with van der Waals surface area (Å²) < 4.78 is 22.8. The van der Waals surface area contributed by atoms with E-state index in [0.29, 0.717) is 12.8 Å². The molecule has 0 spiro atoms. The van der Waals surface area contributed by atoms with Crippen LogP contribution in [-0.2, 0) is 23.7 Å². The molecule has 0 aromatic heterocycles. The van der Waals surface area contributed by atoms with Gasteiger partial charge in [-0.3, -0.25) is 4.79 Å². The smallest absolute Gasteiger partial charge is 0.220 e. The van der Waals surface area contributed by atoms with E-state index in [1.54, 1.807) is 6.08 Å². The lowest BCUT2D eigenvalue weighted by atomic mass is 9.97. The molecule has 540 valence electrons. The molecule has 12 unspecified atom stereocenters. The first kappa shape index (κ1) is 86.7. The van der Waals surface area contributed by atoms with Crippen molar-refractivity contribution in [2.45, 2.75) is 325 Å². The Hall–Kier alpha value is -4.39. The second kappa shape index (κ2) is 63.1. The normalized spacial score (nSPS) is 23.3. The fraction of sp³-hybridized carbons (Fsp3) is 0.667. The van der Waals surface area contributed by atoms with Crippen LogP contribution < -0.4 is 5.32 Å². The topological polar surface area (TPSA) is 228 Å². The van der Waals surface area contributed by atoms with Crippen LogP contribution in [0.5, 0.6) is 0 Å². The van der Waals surface area contributed by atoms with E-state index in [2.05, 4.69) is 165 Å². The number of carbonyl (C=O) groups is 1. The number of ether oxygens (including phenoxy) is 4. The Morgan fingerprint density at radius 3 is 1.16 bits per heavy atom. The van der Waals surface area contributed by atoms with Crippen LogP contribution in [0.2, 0.25) is 0 Å². The quantitative estimate of drug-likeness (QED) is 0.0204. The van der Waals surface area contributed by atoms with E-state index in [9.17, 15) is 45.6 Å². The molecule has 14 heteroatoms. The summed E-state index contributed by atoms with van der Waals surface area (Å²) in [4.78, 5) is 13.3. The van der Waals surface area contributed by atoms with E-state index >= 15 is 0 Å². The van der Waals surface area contributed by atoms with Gasteiger partial charge in [0.25, 0.3) is 0 Å². The Bertz CT molecular complexity index is 2210. The van der Waals surface area contributed by atoms with Gasteiger partial charge in [0.1, 0.15) is 48.8 Å². The number of nitrogens with one attached hydrogen (secondary N) is 1. The van der Waals surface area contributed by atoms with E-state index in [1.165, 1.54) is 89.9 Å². The lowest BCUT2D eigenvalue weighted by Gasteiger charge is -2.46. The van der Waals surface area contributed by atoms with E-state index < -0.39 is 86.8 Å². The maximum absolute atomic E-state index is 13.3. The number of hydrogen-bond acceptors (Lipinski definition) is 13. The van der Waals surface area contributed by atoms with Gasteiger partial charge in [0.15, 0.2) is 12.6 Å². The van der Waals surface area contributed by atoms with Crippen molar-refractivity contribution in [2.75, 3.05) is 19.8 Å². The number of hydrogen-bond donors (Lipinski definition) is 9. The first-order chi connectivity index (χ1) is 46.6. The summed E-state index contributed by atoms with van der Waals surface area (Å²) in [5.41, 5.74) is 0. The molecule has 2 aliphatic heterocycles. The lowest BCUT2D eigenvalue weighted by Crippen LogP contribution is -2.65. The average molecular weight is 1330 g/mol. The number of aliphatic hydroxyl groups excluding tert-OH is 8. The van der Waals surface area contributed by atoms with Gasteiger partial charge in [-0.05, 0) is 122 Å². The van der Waals surface area contributed by atoms with Crippen LogP contribution >= 0.6 is 0 Å². The lowest BCUT2D eigenvalue weighted by molar-refractivity contribution is -0.359. The van der Waals surface area contributed by atoms with Gasteiger partial charge < -0.3 is 65.1 Å². The standard InChI is InChI=1S/C81H133NO13/c1-3-5-7-9-11-13-15-17-19-21-23-25-27-29-30-31-32-33-34-35-36-37-38-39-40-41-43-45-47-49-51-53-55-57-59-61-63-65-73(86)82-69(68-92-80-78(91)76(89)79(72(67-84)94-80)95-81-77(90)75(88)74(87)71(66-83)93-81)70(85)64-62-60-58-56-54-52-50-48-46-44-42-28-26-24-22-20-18-16-14-12-10-8-6-4-2/h5,7,11,13,17,19,23,25,29-30,32-33,35-36,38-39,41,43,46-49,54,56,62,64,69-72,74-81,83-85,87-91H,3-4,6,8-10,12,14-16,18,20-22,24,26-28,31,34,37,40,42,44-45,50-53,55,57-61,63,65-68H2,1-2H3,(H,82,86)/b7-5-,13-11-,19-17-,25-23-,30-29-,33-32-,36-35-,39-38-,43-41-,48-46+,49-47-,56-54+,64-62+. The van der Waals surface area contributed by atoms with Crippen LogP contribution in [0.4, 0.5) is 0 Å². The van der Waals surface area contributed by atoms with Crippen LogP contribution in [0.3, 0.4) is 0 Å². The zero-order valence-electron chi connectivity index (χ0n) is 58.8. The number of aliphatic hydroxyl groups is 8. The van der Waals surface area contributed by atoms with Crippen LogP contribution in [0.15, 0.2) is 158 Å². The Morgan fingerprint density at radius 2 is 0.737 bits per heavy atom. The molecule has 2 rings (SSSR count). The van der Waals surface area contributed by atoms with E-state index in [-0.39, 0.29) is 18.9 Å². The third kappa shape index (κ3) is 46.5. The second-order valence-electron chi connectivity index (χ2n) is 25.3. The molecule has 12 atom stereocenters. The van der Waals surface area contributed by atoms with Crippen molar-refractivity contribution in [3.63, 3.8) is 0 Å². The highest BCUT2D eigenvalue weighted by atomic mass is 16.7. The maximum Gasteiger partial charge on any atom is 0.220 e. The first-order valence-corrected chi connectivity index (χ1v) is 37.2. The summed E-state index contributed by atoms with van der Waals surface area (Å²) in [6.45, 7) is 2.65. The van der Waals surface area contributed by atoms with Gasteiger partial charge in [-0.2, -0.15) is 0 Å². The Kier molecular flexibility index (Phi) is 57.6. The van der Waals surface area contributed by atoms with Crippen molar-refractivity contribution in [1.82, 2.24) is 5.32 Å². The summed E-state index contributed by atoms with van der Waals surface area (Å²) in [5.74, 6) is -0.273. The number of carbonyl (C=O) groups excluding carboxylic acids is 1. The van der Waals surface area contributed by atoms with E-state index in [4.69, 9.17) is 18.9 Å². The second-order valence-corrected chi connectivity index (χ2v) is 25.3. The van der Waals surface area contributed by atoms with Gasteiger partial charge in [-0.25, -0.2) is 0 Å². The number of allylic oxidation sites excluding steroid dienone is 25. The number of amides is 1. The molecule has 9 N–H and O–H groups in total.